The quantitative estimate of drug-likeness (QED) is 0.770. The molecule has 3 aromatic rings. The summed E-state index contributed by atoms with van der Waals surface area (Å²) in [6.07, 6.45) is 1.51. The third kappa shape index (κ3) is 2.38. The van der Waals surface area contributed by atoms with Gasteiger partial charge in [-0.05, 0) is 26.0 Å². The monoisotopic (exact) mass is 350 g/mol. The summed E-state index contributed by atoms with van der Waals surface area (Å²) in [6.45, 7) is 4.44. The predicted octanol–water partition coefficient (Wildman–Crippen LogP) is 2.69. The van der Waals surface area contributed by atoms with Crippen LogP contribution in [0.2, 0.25) is 0 Å². The summed E-state index contributed by atoms with van der Waals surface area (Å²) in [5.74, 6) is 0.514. The summed E-state index contributed by atoms with van der Waals surface area (Å²) in [5, 5.41) is 11.8. The van der Waals surface area contributed by atoms with E-state index in [-0.39, 0.29) is 5.91 Å². The van der Waals surface area contributed by atoms with Crippen molar-refractivity contribution >= 4 is 23.3 Å². The molecule has 1 aliphatic rings. The fourth-order valence-corrected chi connectivity index (χ4v) is 3.02. The van der Waals surface area contributed by atoms with E-state index in [4.69, 9.17) is 4.74 Å². The second-order valence-electron chi connectivity index (χ2n) is 5.83. The molecule has 4 rings (SSSR count). The maximum Gasteiger partial charge on any atom is 0.261 e. The van der Waals surface area contributed by atoms with Gasteiger partial charge in [0.2, 0.25) is 5.90 Å². The van der Waals surface area contributed by atoms with Crippen molar-refractivity contribution in [2.24, 2.45) is 4.99 Å². The van der Waals surface area contributed by atoms with E-state index in [2.05, 4.69) is 20.5 Å². The molecule has 0 bridgehead atoms. The number of amides is 1. The van der Waals surface area contributed by atoms with Crippen LogP contribution < -0.4 is 5.32 Å². The lowest BCUT2D eigenvalue weighted by atomic mass is 10.2. The molecule has 1 aromatic carbocycles. The molecule has 3 heterocycles. The zero-order valence-electron chi connectivity index (χ0n) is 14.7. The number of hydrogen-bond donors (Lipinski definition) is 1. The number of methoxy groups -OCH3 is 1. The molecule has 8 nitrogen and oxygen atoms in total. The highest BCUT2D eigenvalue weighted by Crippen LogP contribution is 2.31. The summed E-state index contributed by atoms with van der Waals surface area (Å²) in [7, 11) is 1.55. The molecule has 0 radical (unpaired) electrons. The van der Waals surface area contributed by atoms with Crippen LogP contribution in [-0.2, 0) is 11.3 Å². The Labute approximate surface area is 150 Å². The van der Waals surface area contributed by atoms with Crippen LogP contribution in [0, 0.1) is 6.92 Å². The molecule has 1 amide bonds. The average Bonchev–Trinajstić information content (AvgIpc) is 3.20. The summed E-state index contributed by atoms with van der Waals surface area (Å²) >= 11 is 0. The van der Waals surface area contributed by atoms with Crippen LogP contribution in [0.1, 0.15) is 28.7 Å². The summed E-state index contributed by atoms with van der Waals surface area (Å²) in [6, 6.07) is 9.53. The Morgan fingerprint density at radius 3 is 2.69 bits per heavy atom. The molecule has 0 spiro atoms. The normalized spacial score (nSPS) is 15.2. The van der Waals surface area contributed by atoms with Crippen LogP contribution in [0.4, 0.5) is 11.5 Å². The van der Waals surface area contributed by atoms with Gasteiger partial charge < -0.3 is 10.1 Å². The summed E-state index contributed by atoms with van der Waals surface area (Å²) in [5.41, 5.74) is 3.14. The van der Waals surface area contributed by atoms with Crippen molar-refractivity contribution in [2.75, 3.05) is 12.4 Å². The lowest BCUT2D eigenvalue weighted by Crippen LogP contribution is -2.20. The van der Waals surface area contributed by atoms with Gasteiger partial charge in [0, 0.05) is 6.54 Å². The van der Waals surface area contributed by atoms with E-state index >= 15 is 0 Å². The standard InChI is InChI=1S/C18H18N6O2/c1-4-23-15-14(11(2)22-23)20-17(25)13-10-19-24(12-8-6-5-7-9-12)16(13)21-18(15)26-3/h5-10H,4H2,1-3H3,(H,20,25). The minimum atomic E-state index is -0.277. The van der Waals surface area contributed by atoms with Crippen LogP contribution in [0.25, 0.3) is 5.69 Å². The fourth-order valence-electron chi connectivity index (χ4n) is 3.02. The topological polar surface area (TPSA) is 86.3 Å². The molecule has 0 atom stereocenters. The van der Waals surface area contributed by atoms with Gasteiger partial charge in [0.05, 0.1) is 30.4 Å². The predicted molar refractivity (Wildman–Crippen MR) is 97.4 cm³/mol. The Bertz CT molecular complexity index is 1020. The van der Waals surface area contributed by atoms with Crippen molar-refractivity contribution in [1.82, 2.24) is 19.6 Å². The Morgan fingerprint density at radius 1 is 1.23 bits per heavy atom. The van der Waals surface area contributed by atoms with Gasteiger partial charge in [0.15, 0.2) is 5.82 Å². The first kappa shape index (κ1) is 16.1. The zero-order chi connectivity index (χ0) is 18.3. The largest absolute Gasteiger partial charge is 0.479 e. The van der Waals surface area contributed by atoms with E-state index in [0.717, 1.165) is 5.69 Å². The first-order chi connectivity index (χ1) is 12.6. The molecule has 0 aliphatic carbocycles. The number of anilines is 1. The number of ether oxygens (including phenoxy) is 1. The Hall–Kier alpha value is -3.42. The molecule has 2 aromatic heterocycles. The number of aliphatic imine (C=N–C) groups is 1. The molecule has 1 N–H and O–H groups in total. The number of nitrogens with one attached hydrogen (secondary N) is 1. The smallest absolute Gasteiger partial charge is 0.261 e. The first-order valence-corrected chi connectivity index (χ1v) is 8.29. The second kappa shape index (κ2) is 6.14. The van der Waals surface area contributed by atoms with Gasteiger partial charge in [-0.25, -0.2) is 4.68 Å². The number of nitrogens with zero attached hydrogens (tertiary/aromatic N) is 5. The lowest BCUT2D eigenvalue weighted by Gasteiger charge is -2.15. The van der Waals surface area contributed by atoms with Gasteiger partial charge in [0.1, 0.15) is 11.3 Å². The highest BCUT2D eigenvalue weighted by molar-refractivity contribution is 6.13. The van der Waals surface area contributed by atoms with Crippen LogP contribution >= 0.6 is 0 Å². The molecule has 8 heteroatoms. The number of aromatic nitrogens is 4. The molecular weight excluding hydrogens is 332 g/mol. The maximum absolute atomic E-state index is 12.8. The van der Waals surface area contributed by atoms with Crippen molar-refractivity contribution in [2.45, 2.75) is 20.4 Å². The molecule has 0 unspecified atom stereocenters. The van der Waals surface area contributed by atoms with E-state index < -0.39 is 0 Å². The number of aryl methyl sites for hydroxylation is 2. The SMILES string of the molecule is CCn1nc(C)c2c1/C(OC)=N\c1c(cnn1-c1ccccc1)C(=O)N2. The van der Waals surface area contributed by atoms with E-state index in [0.29, 0.717) is 40.9 Å². The lowest BCUT2D eigenvalue weighted by molar-refractivity contribution is 0.102. The van der Waals surface area contributed by atoms with E-state index in [1.807, 2.05) is 44.2 Å². The highest BCUT2D eigenvalue weighted by Gasteiger charge is 2.28. The van der Waals surface area contributed by atoms with E-state index in [1.54, 1.807) is 16.5 Å². The van der Waals surface area contributed by atoms with Crippen molar-refractivity contribution in [3.63, 3.8) is 0 Å². The number of hydrogen-bond acceptors (Lipinski definition) is 5. The molecule has 1 aliphatic heterocycles. The molecule has 0 saturated heterocycles. The third-order valence-corrected chi connectivity index (χ3v) is 4.26. The van der Waals surface area contributed by atoms with Gasteiger partial charge in [0.25, 0.3) is 5.91 Å². The second-order valence-corrected chi connectivity index (χ2v) is 5.83. The van der Waals surface area contributed by atoms with Gasteiger partial charge in [-0.1, -0.05) is 18.2 Å². The van der Waals surface area contributed by atoms with Crippen molar-refractivity contribution in [1.29, 1.82) is 0 Å². The number of rotatable bonds is 2. The zero-order valence-corrected chi connectivity index (χ0v) is 14.7. The third-order valence-electron chi connectivity index (χ3n) is 4.26. The van der Waals surface area contributed by atoms with Crippen molar-refractivity contribution < 1.29 is 9.53 Å². The Morgan fingerprint density at radius 2 is 2.00 bits per heavy atom. The molecule has 0 saturated carbocycles. The molecular formula is C18H18N6O2. The van der Waals surface area contributed by atoms with Crippen LogP contribution in [0.15, 0.2) is 41.5 Å². The number of carbonyl (C=O) groups is 1. The summed E-state index contributed by atoms with van der Waals surface area (Å²) in [4.78, 5) is 17.4. The first-order valence-electron chi connectivity index (χ1n) is 8.29. The number of para-hydroxylation sites is 1. The molecule has 132 valence electrons. The van der Waals surface area contributed by atoms with Crippen molar-refractivity contribution in [3.8, 4) is 5.69 Å². The van der Waals surface area contributed by atoms with Gasteiger partial charge in [-0.15, -0.1) is 0 Å². The van der Waals surface area contributed by atoms with E-state index in [9.17, 15) is 4.79 Å². The van der Waals surface area contributed by atoms with Crippen LogP contribution in [0.3, 0.4) is 0 Å². The van der Waals surface area contributed by atoms with Crippen LogP contribution in [0.5, 0.6) is 0 Å². The highest BCUT2D eigenvalue weighted by atomic mass is 16.5. The van der Waals surface area contributed by atoms with Gasteiger partial charge in [-0.3, -0.25) is 9.48 Å². The molecule has 26 heavy (non-hydrogen) atoms. The van der Waals surface area contributed by atoms with Gasteiger partial charge >= 0.3 is 0 Å². The van der Waals surface area contributed by atoms with Crippen LogP contribution in [-0.4, -0.2) is 38.5 Å². The average molecular weight is 350 g/mol. The minimum Gasteiger partial charge on any atom is -0.479 e. The van der Waals surface area contributed by atoms with Crippen molar-refractivity contribution in [3.05, 3.63) is 53.5 Å². The number of carbonyl (C=O) groups excluding carboxylic acids is 1. The Balaban J connectivity index is 1.98. The van der Waals surface area contributed by atoms with Gasteiger partial charge in [-0.2, -0.15) is 15.2 Å². The molecule has 0 fully saturated rings. The Kier molecular flexibility index (Phi) is 3.80. The number of benzene rings is 1. The fraction of sp³-hybridized carbons (Fsp3) is 0.222. The summed E-state index contributed by atoms with van der Waals surface area (Å²) < 4.78 is 8.95. The van der Waals surface area contributed by atoms with E-state index in [1.165, 1.54) is 6.20 Å². The number of fused-ring (bicyclic) bond motifs is 2. The maximum atomic E-state index is 12.8. The minimum absolute atomic E-state index is 0.277.